The second kappa shape index (κ2) is 8.22. The molecule has 4 nitrogen and oxygen atoms in total. The highest BCUT2D eigenvalue weighted by Crippen LogP contribution is 2.09. The van der Waals surface area contributed by atoms with Crippen LogP contribution in [0.3, 0.4) is 0 Å². The molecule has 0 aliphatic heterocycles. The summed E-state index contributed by atoms with van der Waals surface area (Å²) in [6.07, 6.45) is 4.56. The standard InChI is InChI=1S/C10H22N2O2S2/c1-10(14,7-16-3)6-12-9(13)8(11)4-5-15-2/h8,14H,4-7,11H2,1-3H3,(H,12,13)/t8-,10?/m0/s1. The van der Waals surface area contributed by atoms with Crippen LogP contribution < -0.4 is 11.1 Å². The average molecular weight is 266 g/mol. The van der Waals surface area contributed by atoms with E-state index in [-0.39, 0.29) is 12.5 Å². The molecule has 0 aliphatic carbocycles. The van der Waals surface area contributed by atoms with Crippen LogP contribution in [-0.4, -0.2) is 53.2 Å². The summed E-state index contributed by atoms with van der Waals surface area (Å²) in [5.41, 5.74) is 4.83. The second-order valence-electron chi connectivity index (χ2n) is 4.04. The molecule has 6 heteroatoms. The molecule has 0 aromatic heterocycles. The van der Waals surface area contributed by atoms with Crippen molar-refractivity contribution in [1.82, 2.24) is 5.32 Å². The van der Waals surface area contributed by atoms with Crippen LogP contribution in [0.2, 0.25) is 0 Å². The van der Waals surface area contributed by atoms with Crippen molar-refractivity contribution in [2.75, 3.05) is 30.6 Å². The fraction of sp³-hybridized carbons (Fsp3) is 0.900. The molecule has 2 atom stereocenters. The molecule has 1 amide bonds. The number of hydrogen-bond acceptors (Lipinski definition) is 5. The number of nitrogens with one attached hydrogen (secondary N) is 1. The zero-order valence-corrected chi connectivity index (χ0v) is 11.8. The first-order valence-corrected chi connectivity index (χ1v) is 7.95. The molecule has 1 unspecified atom stereocenters. The summed E-state index contributed by atoms with van der Waals surface area (Å²) >= 11 is 3.21. The van der Waals surface area contributed by atoms with Crippen molar-refractivity contribution < 1.29 is 9.90 Å². The Morgan fingerprint density at radius 2 is 2.12 bits per heavy atom. The van der Waals surface area contributed by atoms with Crippen molar-refractivity contribution in [3.63, 3.8) is 0 Å². The Morgan fingerprint density at radius 3 is 2.62 bits per heavy atom. The molecule has 0 spiro atoms. The van der Waals surface area contributed by atoms with E-state index in [0.717, 1.165) is 5.75 Å². The van der Waals surface area contributed by atoms with Crippen LogP contribution in [0.1, 0.15) is 13.3 Å². The molecule has 16 heavy (non-hydrogen) atoms. The Kier molecular flexibility index (Phi) is 8.27. The first-order valence-electron chi connectivity index (χ1n) is 5.16. The van der Waals surface area contributed by atoms with Crippen LogP contribution in [0.5, 0.6) is 0 Å². The quantitative estimate of drug-likeness (QED) is 0.589. The van der Waals surface area contributed by atoms with Crippen molar-refractivity contribution in [2.45, 2.75) is 25.0 Å². The maximum absolute atomic E-state index is 11.5. The highest BCUT2D eigenvalue weighted by molar-refractivity contribution is 7.98. The average Bonchev–Trinajstić information content (AvgIpc) is 2.22. The maximum Gasteiger partial charge on any atom is 0.237 e. The van der Waals surface area contributed by atoms with Crippen LogP contribution >= 0.6 is 23.5 Å². The molecule has 0 saturated heterocycles. The van der Waals surface area contributed by atoms with Gasteiger partial charge in [0.15, 0.2) is 0 Å². The Hall–Kier alpha value is 0.0900. The molecular formula is C10H22N2O2S2. The van der Waals surface area contributed by atoms with Gasteiger partial charge in [-0.25, -0.2) is 0 Å². The van der Waals surface area contributed by atoms with Crippen molar-refractivity contribution in [3.8, 4) is 0 Å². The lowest BCUT2D eigenvalue weighted by molar-refractivity contribution is -0.123. The minimum Gasteiger partial charge on any atom is -0.387 e. The molecule has 0 aromatic rings. The highest BCUT2D eigenvalue weighted by atomic mass is 32.2. The fourth-order valence-corrected chi connectivity index (χ4v) is 2.36. The fourth-order valence-electron chi connectivity index (χ4n) is 1.15. The molecular weight excluding hydrogens is 244 g/mol. The summed E-state index contributed by atoms with van der Waals surface area (Å²) in [5, 5.41) is 12.5. The first kappa shape index (κ1) is 16.1. The molecule has 0 aromatic carbocycles. The van der Waals surface area contributed by atoms with Crippen LogP contribution in [-0.2, 0) is 4.79 Å². The van der Waals surface area contributed by atoms with Gasteiger partial charge in [0, 0.05) is 12.3 Å². The smallest absolute Gasteiger partial charge is 0.237 e. The topological polar surface area (TPSA) is 75.4 Å². The van der Waals surface area contributed by atoms with Gasteiger partial charge in [0.05, 0.1) is 11.6 Å². The summed E-state index contributed by atoms with van der Waals surface area (Å²) in [6, 6.07) is -0.475. The third-order valence-corrected chi connectivity index (χ3v) is 3.62. The normalized spacial score (nSPS) is 16.6. The van der Waals surface area contributed by atoms with E-state index in [4.69, 9.17) is 5.73 Å². The van der Waals surface area contributed by atoms with E-state index in [1.807, 2.05) is 12.5 Å². The predicted octanol–water partition coefficient (Wildman–Crippen LogP) is 0.297. The van der Waals surface area contributed by atoms with Gasteiger partial charge in [0.25, 0.3) is 0 Å². The number of rotatable bonds is 8. The van der Waals surface area contributed by atoms with E-state index in [9.17, 15) is 9.90 Å². The van der Waals surface area contributed by atoms with Crippen LogP contribution in [0.15, 0.2) is 0 Å². The molecule has 96 valence electrons. The number of carbonyl (C=O) groups excluding carboxylic acids is 1. The van der Waals surface area contributed by atoms with E-state index in [1.54, 1.807) is 30.4 Å². The molecule has 0 fully saturated rings. The molecule has 0 rings (SSSR count). The van der Waals surface area contributed by atoms with Gasteiger partial charge in [-0.15, -0.1) is 0 Å². The summed E-state index contributed by atoms with van der Waals surface area (Å²) in [6.45, 7) is 1.96. The molecule has 0 aliphatic rings. The van der Waals surface area contributed by atoms with E-state index in [1.165, 1.54) is 0 Å². The van der Waals surface area contributed by atoms with E-state index < -0.39 is 11.6 Å². The van der Waals surface area contributed by atoms with Crippen molar-refractivity contribution in [2.24, 2.45) is 5.73 Å². The minimum absolute atomic E-state index is 0.185. The molecule has 4 N–H and O–H groups in total. The third kappa shape index (κ3) is 7.38. The molecule has 0 heterocycles. The number of thioether (sulfide) groups is 2. The number of nitrogens with two attached hydrogens (primary N) is 1. The van der Waals surface area contributed by atoms with Crippen molar-refractivity contribution >= 4 is 29.4 Å². The van der Waals surface area contributed by atoms with Gasteiger partial charge in [0.1, 0.15) is 0 Å². The minimum atomic E-state index is -0.867. The Bertz CT molecular complexity index is 213. The first-order chi connectivity index (χ1) is 7.43. The summed E-state index contributed by atoms with van der Waals surface area (Å²) < 4.78 is 0. The second-order valence-corrected chi connectivity index (χ2v) is 5.89. The van der Waals surface area contributed by atoms with Gasteiger partial charge in [-0.1, -0.05) is 0 Å². The number of carbonyl (C=O) groups is 1. The Morgan fingerprint density at radius 1 is 1.50 bits per heavy atom. The van der Waals surface area contributed by atoms with Gasteiger partial charge in [-0.05, 0) is 31.6 Å². The van der Waals surface area contributed by atoms with Crippen LogP contribution in [0, 0.1) is 0 Å². The largest absolute Gasteiger partial charge is 0.387 e. The third-order valence-electron chi connectivity index (χ3n) is 2.07. The summed E-state index contributed by atoms with van der Waals surface area (Å²) in [7, 11) is 0. The highest BCUT2D eigenvalue weighted by Gasteiger charge is 2.22. The van der Waals surface area contributed by atoms with Gasteiger partial charge >= 0.3 is 0 Å². The SMILES string of the molecule is CSCC[C@H](N)C(=O)NCC(C)(O)CSC. The van der Waals surface area contributed by atoms with Gasteiger partial charge in [-0.3, -0.25) is 4.79 Å². The van der Waals surface area contributed by atoms with Gasteiger partial charge in [0.2, 0.25) is 5.91 Å². The Balaban J connectivity index is 3.87. The zero-order chi connectivity index (χ0) is 12.6. The zero-order valence-electron chi connectivity index (χ0n) is 10.2. The summed E-state index contributed by atoms with van der Waals surface area (Å²) in [4.78, 5) is 11.5. The summed E-state index contributed by atoms with van der Waals surface area (Å²) in [5.74, 6) is 1.28. The van der Waals surface area contributed by atoms with Gasteiger partial charge in [-0.2, -0.15) is 23.5 Å². The number of amides is 1. The number of hydrogen-bond donors (Lipinski definition) is 3. The van der Waals surface area contributed by atoms with Gasteiger partial charge < -0.3 is 16.2 Å². The number of aliphatic hydroxyl groups is 1. The van der Waals surface area contributed by atoms with E-state index >= 15 is 0 Å². The predicted molar refractivity (Wildman–Crippen MR) is 73.0 cm³/mol. The van der Waals surface area contributed by atoms with E-state index in [0.29, 0.717) is 12.2 Å². The van der Waals surface area contributed by atoms with Crippen LogP contribution in [0.25, 0.3) is 0 Å². The molecule has 0 radical (unpaired) electrons. The lowest BCUT2D eigenvalue weighted by Crippen LogP contribution is -2.48. The Labute approximate surface area is 106 Å². The van der Waals surface area contributed by atoms with Crippen molar-refractivity contribution in [3.05, 3.63) is 0 Å². The lowest BCUT2D eigenvalue weighted by Gasteiger charge is -2.23. The molecule has 0 saturated carbocycles. The lowest BCUT2D eigenvalue weighted by atomic mass is 10.1. The monoisotopic (exact) mass is 266 g/mol. The van der Waals surface area contributed by atoms with Crippen LogP contribution in [0.4, 0.5) is 0 Å². The molecule has 0 bridgehead atoms. The van der Waals surface area contributed by atoms with Crippen molar-refractivity contribution in [1.29, 1.82) is 0 Å². The maximum atomic E-state index is 11.5. The van der Waals surface area contributed by atoms with E-state index in [2.05, 4.69) is 5.32 Å².